The zero-order valence-electron chi connectivity index (χ0n) is 53.1. The summed E-state index contributed by atoms with van der Waals surface area (Å²) in [6.07, 6.45) is 1.27. The molecule has 0 unspecified atom stereocenters. The highest BCUT2D eigenvalue weighted by molar-refractivity contribution is 7.95. The summed E-state index contributed by atoms with van der Waals surface area (Å²) in [7, 11) is -8.76. The van der Waals surface area contributed by atoms with E-state index < -0.39 is 30.7 Å². The molecule has 0 fully saturated rings. The van der Waals surface area contributed by atoms with Crippen LogP contribution in [0.3, 0.4) is 0 Å². The fraction of sp³-hybridized carbons (Fsp3) is 0.0455. The Bertz CT molecular complexity index is 4060. The van der Waals surface area contributed by atoms with Crippen molar-refractivity contribution < 1.29 is 9.47 Å². The van der Waals surface area contributed by atoms with Gasteiger partial charge in [0.25, 0.3) is 0 Å². The SMILES string of the molecule is COc1ccc([Si](c2ccccc2)(c2ccccc2)c2ccccc2)c(C[P+](c2ccccc2)(c2ccccc2)c2ccccc2)c1-c1c(OC)ccc([Si](c2ccccc2)(c2ccccc2)c2ccccc2)c1C[P+](c1ccccc1)(c1ccccc1)c1ccccc1. The summed E-state index contributed by atoms with van der Waals surface area (Å²) >= 11 is 0. The number of benzene rings is 14. The van der Waals surface area contributed by atoms with Crippen molar-refractivity contribution in [1.29, 1.82) is 0 Å². The van der Waals surface area contributed by atoms with Gasteiger partial charge in [-0.05, 0) is 126 Å². The van der Waals surface area contributed by atoms with Gasteiger partial charge in [0.05, 0.1) is 26.5 Å². The molecule has 94 heavy (non-hydrogen) atoms. The van der Waals surface area contributed by atoms with Gasteiger partial charge in [-0.2, -0.15) is 0 Å². The Labute approximate surface area is 558 Å². The first-order chi connectivity index (χ1) is 46.6. The van der Waals surface area contributed by atoms with Gasteiger partial charge >= 0.3 is 0 Å². The van der Waals surface area contributed by atoms with Crippen LogP contribution in [-0.4, -0.2) is 30.4 Å². The third kappa shape index (κ3) is 10.9. The third-order valence-corrected chi connectivity index (χ3v) is 37.7. The summed E-state index contributed by atoms with van der Waals surface area (Å²) in [5, 5.41) is 18.1. The summed E-state index contributed by atoms with van der Waals surface area (Å²) < 4.78 is 14.5. The Morgan fingerprint density at radius 1 is 0.213 bits per heavy atom. The Hall–Kier alpha value is -10.0. The monoisotopic (exact) mass is 1280 g/mol. The smallest absolute Gasteiger partial charge is 0.180 e. The minimum Gasteiger partial charge on any atom is -0.496 e. The van der Waals surface area contributed by atoms with Crippen molar-refractivity contribution in [3.05, 3.63) is 399 Å². The molecular weight excluding hydrogens is 1210 g/mol. The summed E-state index contributed by atoms with van der Waals surface area (Å²) in [4.78, 5) is 0. The molecule has 0 bridgehead atoms. The maximum atomic E-state index is 7.27. The molecule has 0 N–H and O–H groups in total. The molecule has 14 rings (SSSR count). The van der Waals surface area contributed by atoms with Gasteiger partial charge in [0.15, 0.2) is 16.1 Å². The number of methoxy groups -OCH3 is 2. The van der Waals surface area contributed by atoms with Crippen LogP contribution in [-0.2, 0) is 12.3 Å². The van der Waals surface area contributed by atoms with Crippen LogP contribution in [0.25, 0.3) is 11.1 Å². The van der Waals surface area contributed by atoms with E-state index in [0.29, 0.717) is 12.3 Å². The molecule has 14 aromatic rings. The zero-order valence-corrected chi connectivity index (χ0v) is 56.9. The molecule has 0 spiro atoms. The average molecular weight is 1280 g/mol. The number of rotatable bonds is 21. The molecule has 0 atom stereocenters. The van der Waals surface area contributed by atoms with Gasteiger partial charge in [0.2, 0.25) is 0 Å². The lowest BCUT2D eigenvalue weighted by atomic mass is 9.94. The summed E-state index contributed by atoms with van der Waals surface area (Å²) in [5.74, 6) is 1.57. The van der Waals surface area contributed by atoms with E-state index in [1.165, 1.54) is 84.4 Å². The molecule has 0 saturated heterocycles. The van der Waals surface area contributed by atoms with Gasteiger partial charge in [-0.25, -0.2) is 0 Å². The summed E-state index contributed by atoms with van der Waals surface area (Å²) in [5.41, 5.74) is 4.56. The normalized spacial score (nSPS) is 11.8. The van der Waals surface area contributed by atoms with E-state index in [-0.39, 0.29) is 0 Å². The van der Waals surface area contributed by atoms with Crippen LogP contribution in [0.4, 0.5) is 0 Å². The summed E-state index contributed by atoms with van der Waals surface area (Å²) in [6.45, 7) is 0. The molecule has 14 aromatic carbocycles. The molecule has 0 saturated carbocycles. The van der Waals surface area contributed by atoms with E-state index in [0.717, 1.165) is 22.6 Å². The Balaban J connectivity index is 1.27. The minimum atomic E-state index is -3.47. The van der Waals surface area contributed by atoms with Crippen LogP contribution < -0.4 is 82.8 Å². The highest BCUT2D eigenvalue weighted by atomic mass is 31.2. The van der Waals surface area contributed by atoms with E-state index >= 15 is 0 Å². The van der Waals surface area contributed by atoms with E-state index in [9.17, 15) is 0 Å². The average Bonchev–Trinajstić information content (AvgIpc) is 0.718. The number of ether oxygens (including phenoxy) is 2. The van der Waals surface area contributed by atoms with Gasteiger partial charge in [0, 0.05) is 22.3 Å². The van der Waals surface area contributed by atoms with Gasteiger partial charge in [-0.1, -0.05) is 303 Å². The van der Waals surface area contributed by atoms with Crippen molar-refractivity contribution in [2.45, 2.75) is 12.3 Å². The van der Waals surface area contributed by atoms with Crippen LogP contribution in [0.15, 0.2) is 388 Å². The Morgan fingerprint density at radius 3 is 0.553 bits per heavy atom. The molecule has 0 aliphatic heterocycles. The topological polar surface area (TPSA) is 18.5 Å². The molecule has 0 heterocycles. The van der Waals surface area contributed by atoms with Crippen molar-refractivity contribution in [3.8, 4) is 22.6 Å². The second-order valence-corrected chi connectivity index (χ2v) is 38.5. The second-order valence-electron chi connectivity index (χ2n) is 24.0. The highest BCUT2D eigenvalue weighted by Gasteiger charge is 2.54. The second kappa shape index (κ2) is 27.7. The lowest BCUT2D eigenvalue weighted by molar-refractivity contribution is 0.410. The lowest BCUT2D eigenvalue weighted by Gasteiger charge is -2.40. The minimum absolute atomic E-state index is 0.635. The highest BCUT2D eigenvalue weighted by Crippen LogP contribution is 2.62. The van der Waals surface area contributed by atoms with Gasteiger partial charge in [-0.15, -0.1) is 0 Å². The van der Waals surface area contributed by atoms with Gasteiger partial charge in [-0.3, -0.25) is 0 Å². The fourth-order valence-corrected chi connectivity index (χ4v) is 34.1. The molecule has 454 valence electrons. The summed E-state index contributed by atoms with van der Waals surface area (Å²) in [6, 6.07) is 147. The van der Waals surface area contributed by atoms with E-state index in [1.807, 2.05) is 14.2 Å². The van der Waals surface area contributed by atoms with Crippen LogP contribution in [0, 0.1) is 0 Å². The molecule has 0 aliphatic carbocycles. The number of hydrogen-bond acceptors (Lipinski definition) is 2. The predicted octanol–water partition coefficient (Wildman–Crippen LogP) is 13.1. The first-order valence-electron chi connectivity index (χ1n) is 32.4. The lowest BCUT2D eigenvalue weighted by Crippen LogP contribution is -2.75. The van der Waals surface area contributed by atoms with Crippen LogP contribution in [0.5, 0.6) is 11.5 Å². The molecule has 6 heteroatoms. The first kappa shape index (κ1) is 61.5. The van der Waals surface area contributed by atoms with Crippen LogP contribution in [0.1, 0.15) is 11.1 Å². The largest absolute Gasteiger partial charge is 0.496 e. The van der Waals surface area contributed by atoms with Crippen molar-refractivity contribution in [1.82, 2.24) is 0 Å². The van der Waals surface area contributed by atoms with E-state index in [4.69, 9.17) is 9.47 Å². The third-order valence-electron chi connectivity index (χ3n) is 19.3. The maximum Gasteiger partial charge on any atom is 0.180 e. The predicted molar refractivity (Wildman–Crippen MR) is 410 cm³/mol. The maximum absolute atomic E-state index is 7.27. The van der Waals surface area contributed by atoms with E-state index in [2.05, 4.69) is 388 Å². The van der Waals surface area contributed by atoms with Gasteiger partial charge in [0.1, 0.15) is 57.9 Å². The fourth-order valence-electron chi connectivity index (χ4n) is 15.2. The zero-order chi connectivity index (χ0) is 63.6. The molecular formula is C88H74O2P2Si2+2. The molecule has 0 amide bonds. The Morgan fingerprint density at radius 2 is 0.383 bits per heavy atom. The first-order valence-corrected chi connectivity index (χ1v) is 40.4. The molecule has 0 radical (unpaired) electrons. The number of hydrogen-bond donors (Lipinski definition) is 0. The van der Waals surface area contributed by atoms with Crippen molar-refractivity contribution in [2.75, 3.05) is 14.2 Å². The van der Waals surface area contributed by atoms with Crippen LogP contribution >= 0.6 is 14.5 Å². The van der Waals surface area contributed by atoms with E-state index in [1.54, 1.807) is 0 Å². The van der Waals surface area contributed by atoms with Crippen molar-refractivity contribution in [3.63, 3.8) is 0 Å². The Kier molecular flexibility index (Phi) is 18.1. The quantitative estimate of drug-likeness (QED) is 0.0406. The van der Waals surface area contributed by atoms with Crippen molar-refractivity contribution >= 4 is 104 Å². The van der Waals surface area contributed by atoms with Crippen LogP contribution in [0.2, 0.25) is 0 Å². The standard InChI is InChI=1S/C88H74O2P2Si2/c1-89-83-63-65-85(93(75-51-27-9-28-52-75,76-53-29-10-30-54-76)77-55-31-11-32-56-77)81(67-91(69-39-15-3-16-40-69,70-41-17-4-18-42-70)71-43-19-5-20-44-71)87(83)88-82(68-92(72-45-21-6-22-46-72,73-47-23-7-24-48-73)74-49-25-8-26-50-74)86(66-64-84(88)90-2)94(78-57-33-12-34-58-78,79-59-35-13-36-60-79)80-61-37-14-38-62-80/h3-66H,67-68H2,1-2H3/q+2. The van der Waals surface area contributed by atoms with Gasteiger partial charge < -0.3 is 9.47 Å². The molecule has 0 aromatic heterocycles. The molecule has 2 nitrogen and oxygen atoms in total. The van der Waals surface area contributed by atoms with Crippen molar-refractivity contribution in [2.24, 2.45) is 0 Å². The molecule has 0 aliphatic rings.